The topological polar surface area (TPSA) is 60.0 Å². The molecule has 0 spiro atoms. The van der Waals surface area contributed by atoms with E-state index in [1.807, 2.05) is 26.0 Å². The Bertz CT molecular complexity index is 585. The molecule has 0 fully saturated rings. The molecule has 0 unspecified atom stereocenters. The van der Waals surface area contributed by atoms with E-state index >= 15 is 0 Å². The highest BCUT2D eigenvalue weighted by molar-refractivity contribution is 6.31. The number of aromatic nitrogens is 1. The van der Waals surface area contributed by atoms with Crippen molar-refractivity contribution in [3.63, 3.8) is 0 Å². The predicted octanol–water partition coefficient (Wildman–Crippen LogP) is 2.72. The van der Waals surface area contributed by atoms with Crippen LogP contribution in [0.5, 0.6) is 0 Å². The Labute approximate surface area is 110 Å². The molecule has 1 heterocycles. The van der Waals surface area contributed by atoms with Gasteiger partial charge in [-0.2, -0.15) is 0 Å². The van der Waals surface area contributed by atoms with E-state index in [2.05, 4.69) is 5.43 Å². The molecule has 1 aromatic carbocycles. The molecule has 3 N–H and O–H groups in total. The van der Waals surface area contributed by atoms with Crippen molar-refractivity contribution in [1.82, 2.24) is 4.68 Å². The van der Waals surface area contributed by atoms with Gasteiger partial charge >= 0.3 is 0 Å². The third-order valence-corrected chi connectivity index (χ3v) is 2.98. The van der Waals surface area contributed by atoms with E-state index in [0.29, 0.717) is 16.3 Å². The lowest BCUT2D eigenvalue weighted by atomic mass is 10.2. The number of hydrogen-bond acceptors (Lipinski definition) is 2. The molecule has 0 atom stereocenters. The van der Waals surface area contributed by atoms with E-state index in [-0.39, 0.29) is 5.91 Å². The van der Waals surface area contributed by atoms with Crippen molar-refractivity contribution in [3.05, 3.63) is 52.3 Å². The number of anilines is 1. The molecule has 4 nitrogen and oxygen atoms in total. The second-order valence-electron chi connectivity index (χ2n) is 4.12. The molecule has 94 valence electrons. The maximum absolute atomic E-state index is 12.1. The zero-order valence-corrected chi connectivity index (χ0v) is 11.0. The van der Waals surface area contributed by atoms with Crippen LogP contribution in [0.3, 0.4) is 0 Å². The smallest absolute Gasteiger partial charge is 0.272 e. The first kappa shape index (κ1) is 12.5. The maximum atomic E-state index is 12.1. The number of hydrogen-bond donors (Lipinski definition) is 2. The number of nitrogen functional groups attached to an aromatic ring is 1. The second kappa shape index (κ2) is 4.74. The van der Waals surface area contributed by atoms with Crippen LogP contribution in [0.25, 0.3) is 0 Å². The fraction of sp³-hybridized carbons (Fsp3) is 0.154. The molecule has 1 amide bonds. The zero-order chi connectivity index (χ0) is 13.3. The first-order chi connectivity index (χ1) is 8.49. The molecule has 2 aromatic rings. The molecular weight excluding hydrogens is 250 g/mol. The summed E-state index contributed by atoms with van der Waals surface area (Å²) in [7, 11) is 0. The number of rotatable bonds is 2. The van der Waals surface area contributed by atoms with Crippen LogP contribution in [-0.4, -0.2) is 10.6 Å². The minimum absolute atomic E-state index is 0.258. The van der Waals surface area contributed by atoms with Crippen molar-refractivity contribution in [1.29, 1.82) is 0 Å². The summed E-state index contributed by atoms with van der Waals surface area (Å²) in [6, 6.07) is 8.68. The number of benzene rings is 1. The highest BCUT2D eigenvalue weighted by Gasteiger charge is 2.11. The van der Waals surface area contributed by atoms with Crippen molar-refractivity contribution in [2.24, 2.45) is 0 Å². The van der Waals surface area contributed by atoms with E-state index in [0.717, 1.165) is 11.4 Å². The lowest BCUT2D eigenvalue weighted by Crippen LogP contribution is -2.25. The molecule has 0 radical (unpaired) electrons. The largest absolute Gasteiger partial charge is 0.398 e. The van der Waals surface area contributed by atoms with E-state index in [1.165, 1.54) is 0 Å². The number of carbonyl (C=O) groups excluding carboxylic acids is 1. The van der Waals surface area contributed by atoms with Gasteiger partial charge in [-0.15, -0.1) is 0 Å². The molecule has 2 rings (SSSR count). The van der Waals surface area contributed by atoms with Crippen LogP contribution in [0.15, 0.2) is 30.3 Å². The van der Waals surface area contributed by atoms with Crippen molar-refractivity contribution in [3.8, 4) is 0 Å². The number of nitrogens with two attached hydrogens (primary N) is 1. The normalized spacial score (nSPS) is 10.4. The van der Waals surface area contributed by atoms with Gasteiger partial charge < -0.3 is 5.73 Å². The first-order valence-corrected chi connectivity index (χ1v) is 5.88. The molecule has 0 saturated carbocycles. The highest BCUT2D eigenvalue weighted by Crippen LogP contribution is 2.18. The summed E-state index contributed by atoms with van der Waals surface area (Å²) < 4.78 is 1.72. The number of carbonyl (C=O) groups is 1. The van der Waals surface area contributed by atoms with Crippen LogP contribution in [0, 0.1) is 13.8 Å². The zero-order valence-electron chi connectivity index (χ0n) is 10.2. The van der Waals surface area contributed by atoms with Gasteiger partial charge in [0.05, 0.1) is 5.56 Å². The molecule has 5 heteroatoms. The van der Waals surface area contributed by atoms with Gasteiger partial charge in [0.2, 0.25) is 0 Å². The van der Waals surface area contributed by atoms with Crippen LogP contribution >= 0.6 is 11.6 Å². The predicted molar refractivity (Wildman–Crippen MR) is 73.5 cm³/mol. The molecule has 1 aromatic heterocycles. The van der Waals surface area contributed by atoms with Crippen molar-refractivity contribution in [2.75, 3.05) is 11.2 Å². The van der Waals surface area contributed by atoms with Gasteiger partial charge in [0.1, 0.15) is 0 Å². The number of aryl methyl sites for hydroxylation is 2. The van der Waals surface area contributed by atoms with Gasteiger partial charge in [-0.1, -0.05) is 11.6 Å². The SMILES string of the molecule is Cc1ccc(C)n1NC(=O)c1ccc(Cl)cc1N. The summed E-state index contributed by atoms with van der Waals surface area (Å²) >= 11 is 5.80. The number of nitrogens with one attached hydrogen (secondary N) is 1. The third kappa shape index (κ3) is 2.33. The summed E-state index contributed by atoms with van der Waals surface area (Å²) in [6.07, 6.45) is 0. The van der Waals surface area contributed by atoms with E-state index in [9.17, 15) is 4.79 Å². The Hall–Kier alpha value is -1.94. The second-order valence-corrected chi connectivity index (χ2v) is 4.56. The number of halogens is 1. The summed E-state index contributed by atoms with van der Waals surface area (Å²) in [4.78, 5) is 12.1. The third-order valence-electron chi connectivity index (χ3n) is 2.74. The Kier molecular flexibility index (Phi) is 3.30. The van der Waals surface area contributed by atoms with Crippen molar-refractivity contribution >= 4 is 23.2 Å². The summed E-state index contributed by atoms with van der Waals surface area (Å²) in [5.74, 6) is -0.258. The Balaban J connectivity index is 2.28. The van der Waals surface area contributed by atoms with Crippen LogP contribution in [0.1, 0.15) is 21.7 Å². The first-order valence-electron chi connectivity index (χ1n) is 5.50. The van der Waals surface area contributed by atoms with E-state index < -0.39 is 0 Å². The fourth-order valence-electron chi connectivity index (χ4n) is 1.75. The van der Waals surface area contributed by atoms with Gasteiger partial charge in [0.25, 0.3) is 5.91 Å². The summed E-state index contributed by atoms with van der Waals surface area (Å²) in [5.41, 5.74) is 11.2. The van der Waals surface area contributed by atoms with Crippen LogP contribution in [0.2, 0.25) is 5.02 Å². The van der Waals surface area contributed by atoms with Gasteiger partial charge in [-0.3, -0.25) is 14.9 Å². The molecule has 0 aliphatic carbocycles. The monoisotopic (exact) mass is 263 g/mol. The van der Waals surface area contributed by atoms with Crippen LogP contribution in [0.4, 0.5) is 5.69 Å². The summed E-state index contributed by atoms with van der Waals surface area (Å²) in [6.45, 7) is 3.83. The maximum Gasteiger partial charge on any atom is 0.272 e. The molecule has 0 aliphatic rings. The van der Waals surface area contributed by atoms with Gasteiger partial charge in [-0.25, -0.2) is 0 Å². The van der Waals surface area contributed by atoms with Gasteiger partial charge in [0.15, 0.2) is 0 Å². The quantitative estimate of drug-likeness (QED) is 0.819. The van der Waals surface area contributed by atoms with E-state index in [4.69, 9.17) is 17.3 Å². The van der Waals surface area contributed by atoms with Crippen molar-refractivity contribution < 1.29 is 4.79 Å². The minimum atomic E-state index is -0.258. The molecule has 0 saturated heterocycles. The molecule has 0 bridgehead atoms. The average Bonchev–Trinajstić information content (AvgIpc) is 2.60. The minimum Gasteiger partial charge on any atom is -0.398 e. The standard InChI is InChI=1S/C13H14ClN3O/c1-8-3-4-9(2)17(8)16-13(18)11-6-5-10(14)7-12(11)15/h3-7H,15H2,1-2H3,(H,16,18). The molecule has 0 aliphatic heterocycles. The highest BCUT2D eigenvalue weighted by atomic mass is 35.5. The molecular formula is C13H14ClN3O. The van der Waals surface area contributed by atoms with E-state index in [1.54, 1.807) is 22.9 Å². The van der Waals surface area contributed by atoms with Crippen LogP contribution < -0.4 is 11.2 Å². The average molecular weight is 264 g/mol. The molecule has 18 heavy (non-hydrogen) atoms. The Morgan fingerprint density at radius 2 is 1.83 bits per heavy atom. The lowest BCUT2D eigenvalue weighted by Gasteiger charge is -2.12. The number of nitrogens with zero attached hydrogens (tertiary/aromatic N) is 1. The van der Waals surface area contributed by atoms with Gasteiger partial charge in [0, 0.05) is 22.1 Å². The Morgan fingerprint density at radius 1 is 1.22 bits per heavy atom. The lowest BCUT2D eigenvalue weighted by molar-refractivity contribution is 0.101. The van der Waals surface area contributed by atoms with Gasteiger partial charge in [-0.05, 0) is 44.2 Å². The number of amides is 1. The van der Waals surface area contributed by atoms with Crippen molar-refractivity contribution in [2.45, 2.75) is 13.8 Å². The van der Waals surface area contributed by atoms with Crippen LogP contribution in [-0.2, 0) is 0 Å². The summed E-state index contributed by atoms with van der Waals surface area (Å²) in [5, 5.41) is 0.511. The Morgan fingerprint density at radius 3 is 2.39 bits per heavy atom. The fourth-order valence-corrected chi connectivity index (χ4v) is 1.93.